The first kappa shape index (κ1) is 21.9. The van der Waals surface area contributed by atoms with Gasteiger partial charge < -0.3 is 20.4 Å². The average Bonchev–Trinajstić information content (AvgIpc) is 3.20. The third-order valence-corrected chi connectivity index (χ3v) is 5.62. The number of guanidine groups is 1. The van der Waals surface area contributed by atoms with Crippen molar-refractivity contribution in [1.82, 2.24) is 20.4 Å². The van der Waals surface area contributed by atoms with Crippen LogP contribution in [0.3, 0.4) is 0 Å². The molecule has 1 aromatic carbocycles. The van der Waals surface area contributed by atoms with Crippen molar-refractivity contribution in [2.45, 2.75) is 39.3 Å². The number of aryl methyl sites for hydroxylation is 1. The van der Waals surface area contributed by atoms with Gasteiger partial charge in [-0.05, 0) is 44.4 Å². The highest BCUT2D eigenvalue weighted by Gasteiger charge is 2.21. The van der Waals surface area contributed by atoms with Crippen LogP contribution in [0.5, 0.6) is 0 Å². The molecule has 1 fully saturated rings. The fourth-order valence-corrected chi connectivity index (χ4v) is 3.96. The van der Waals surface area contributed by atoms with Gasteiger partial charge in [0, 0.05) is 59.1 Å². The van der Waals surface area contributed by atoms with Crippen LogP contribution in [0.15, 0.2) is 35.6 Å². The van der Waals surface area contributed by atoms with Crippen LogP contribution in [0.2, 0.25) is 0 Å². The first-order valence-corrected chi connectivity index (χ1v) is 10.8. The first-order valence-electron chi connectivity index (χ1n) is 10.8. The summed E-state index contributed by atoms with van der Waals surface area (Å²) in [5.41, 5.74) is 2.70. The molecule has 1 saturated heterocycles. The number of aliphatic imine (C=N–C) groups is 1. The van der Waals surface area contributed by atoms with E-state index in [9.17, 15) is 4.39 Å². The molecule has 8 heteroatoms. The minimum Gasteiger partial charge on any atom is -0.370 e. The van der Waals surface area contributed by atoms with Gasteiger partial charge in [0.2, 0.25) is 0 Å². The lowest BCUT2D eigenvalue weighted by atomic mass is 10.1. The smallest absolute Gasteiger partial charge is 0.191 e. The van der Waals surface area contributed by atoms with E-state index in [0.29, 0.717) is 18.3 Å². The van der Waals surface area contributed by atoms with Gasteiger partial charge in [0.1, 0.15) is 5.82 Å². The van der Waals surface area contributed by atoms with Gasteiger partial charge in [0.05, 0.1) is 17.6 Å². The number of halogens is 1. The van der Waals surface area contributed by atoms with Crippen LogP contribution >= 0.6 is 0 Å². The van der Waals surface area contributed by atoms with E-state index in [-0.39, 0.29) is 5.82 Å². The minimum absolute atomic E-state index is 0.180. The lowest BCUT2D eigenvalue weighted by molar-refractivity contribution is 0.468. The quantitative estimate of drug-likeness (QED) is 0.538. The van der Waals surface area contributed by atoms with Crippen LogP contribution in [0.1, 0.15) is 32.3 Å². The Morgan fingerprint density at radius 2 is 2.13 bits per heavy atom. The standard InChI is InChI=1S/C22H34FN7/c1-5-29(6-2)21-10-9-17(12-20(21)23)13-25-22(24-3)27-18-8-7-11-30(15-18)19-14-26-28(4)16-19/h9-10,12,14,16,18H,5-8,11,13,15H2,1-4H3,(H2,24,25,27). The van der Waals surface area contributed by atoms with Crippen LogP contribution in [0, 0.1) is 5.82 Å². The van der Waals surface area contributed by atoms with Gasteiger partial charge in [-0.1, -0.05) is 6.07 Å². The second-order valence-corrected chi connectivity index (χ2v) is 7.69. The summed E-state index contributed by atoms with van der Waals surface area (Å²) in [4.78, 5) is 8.72. The van der Waals surface area contributed by atoms with Crippen molar-refractivity contribution >= 4 is 17.3 Å². The lowest BCUT2D eigenvalue weighted by Gasteiger charge is -2.34. The zero-order chi connectivity index (χ0) is 21.5. The second-order valence-electron chi connectivity index (χ2n) is 7.69. The van der Waals surface area contributed by atoms with Crippen LogP contribution in [-0.4, -0.2) is 55.0 Å². The number of hydrogen-bond acceptors (Lipinski definition) is 4. The van der Waals surface area contributed by atoms with E-state index in [2.05, 4.69) is 25.6 Å². The topological polar surface area (TPSA) is 60.7 Å². The number of rotatable bonds is 7. The Labute approximate surface area is 179 Å². The monoisotopic (exact) mass is 415 g/mol. The van der Waals surface area contributed by atoms with Gasteiger partial charge in [0.25, 0.3) is 0 Å². The third-order valence-electron chi connectivity index (χ3n) is 5.62. The zero-order valence-electron chi connectivity index (χ0n) is 18.5. The van der Waals surface area contributed by atoms with Gasteiger partial charge in [-0.25, -0.2) is 4.39 Å². The molecule has 0 radical (unpaired) electrons. The largest absolute Gasteiger partial charge is 0.370 e. The summed E-state index contributed by atoms with van der Waals surface area (Å²) in [5.74, 6) is 0.557. The van der Waals surface area contributed by atoms with Crippen LogP contribution in [-0.2, 0) is 13.6 Å². The summed E-state index contributed by atoms with van der Waals surface area (Å²) in [7, 11) is 3.70. The first-order chi connectivity index (χ1) is 14.5. The van der Waals surface area contributed by atoms with E-state index in [0.717, 1.165) is 56.2 Å². The average molecular weight is 416 g/mol. The van der Waals surface area contributed by atoms with E-state index in [1.165, 1.54) is 0 Å². The molecule has 0 amide bonds. The molecule has 30 heavy (non-hydrogen) atoms. The number of aromatic nitrogens is 2. The molecule has 1 aliphatic heterocycles. The third kappa shape index (κ3) is 5.43. The minimum atomic E-state index is -0.180. The van der Waals surface area contributed by atoms with E-state index in [1.807, 2.05) is 55.0 Å². The normalized spacial score (nSPS) is 17.2. The molecule has 0 aliphatic carbocycles. The van der Waals surface area contributed by atoms with E-state index in [4.69, 9.17) is 0 Å². The van der Waals surface area contributed by atoms with E-state index in [1.54, 1.807) is 13.1 Å². The molecule has 164 valence electrons. The Bertz CT molecular complexity index is 844. The molecule has 1 atom stereocenters. The molecule has 2 N–H and O–H groups in total. The van der Waals surface area contributed by atoms with Gasteiger partial charge in [-0.3, -0.25) is 9.67 Å². The van der Waals surface area contributed by atoms with Crippen molar-refractivity contribution < 1.29 is 4.39 Å². The highest BCUT2D eigenvalue weighted by atomic mass is 19.1. The molecule has 0 spiro atoms. The Morgan fingerprint density at radius 1 is 1.33 bits per heavy atom. The SMILES string of the molecule is CCN(CC)c1ccc(CNC(=NC)NC2CCCN(c3cnn(C)c3)C2)cc1F. The maximum Gasteiger partial charge on any atom is 0.191 e. The molecular formula is C22H34FN7. The highest BCUT2D eigenvalue weighted by Crippen LogP contribution is 2.21. The molecule has 1 aliphatic rings. The summed E-state index contributed by atoms with van der Waals surface area (Å²) in [6.07, 6.45) is 6.16. The number of nitrogens with one attached hydrogen (secondary N) is 2. The molecule has 0 saturated carbocycles. The number of nitrogens with zero attached hydrogens (tertiary/aromatic N) is 5. The molecule has 3 rings (SSSR count). The fraction of sp³-hybridized carbons (Fsp3) is 0.545. The number of anilines is 2. The van der Waals surface area contributed by atoms with Crippen LogP contribution < -0.4 is 20.4 Å². The molecule has 2 aromatic rings. The lowest BCUT2D eigenvalue weighted by Crippen LogP contribution is -2.51. The molecule has 1 unspecified atom stereocenters. The van der Waals surface area contributed by atoms with Crippen LogP contribution in [0.25, 0.3) is 0 Å². The van der Waals surface area contributed by atoms with Crippen molar-refractivity contribution in [3.8, 4) is 0 Å². The molecule has 7 nitrogen and oxygen atoms in total. The predicted molar refractivity (Wildman–Crippen MR) is 122 cm³/mol. The van der Waals surface area contributed by atoms with Gasteiger partial charge in [-0.15, -0.1) is 0 Å². The summed E-state index contributed by atoms with van der Waals surface area (Å²) >= 11 is 0. The fourth-order valence-electron chi connectivity index (χ4n) is 3.96. The predicted octanol–water partition coefficient (Wildman–Crippen LogP) is 2.74. The van der Waals surface area contributed by atoms with E-state index < -0.39 is 0 Å². The maximum atomic E-state index is 14.5. The molecule has 0 bridgehead atoms. The summed E-state index contributed by atoms with van der Waals surface area (Å²) in [5, 5.41) is 11.1. The number of benzene rings is 1. The van der Waals surface area contributed by atoms with Crippen molar-refractivity contribution in [2.75, 3.05) is 43.0 Å². The highest BCUT2D eigenvalue weighted by molar-refractivity contribution is 5.80. The molecule has 2 heterocycles. The number of hydrogen-bond donors (Lipinski definition) is 2. The molecular weight excluding hydrogens is 381 g/mol. The molecule has 1 aromatic heterocycles. The van der Waals surface area contributed by atoms with Gasteiger partial charge >= 0.3 is 0 Å². The Hall–Kier alpha value is -2.77. The summed E-state index contributed by atoms with van der Waals surface area (Å²) < 4.78 is 16.4. The second kappa shape index (κ2) is 10.3. The van der Waals surface area contributed by atoms with Crippen molar-refractivity contribution in [3.63, 3.8) is 0 Å². The maximum absolute atomic E-state index is 14.5. The zero-order valence-corrected chi connectivity index (χ0v) is 18.5. The van der Waals surface area contributed by atoms with Crippen molar-refractivity contribution in [1.29, 1.82) is 0 Å². The summed E-state index contributed by atoms with van der Waals surface area (Å²) in [6.45, 7) is 8.11. The number of piperidine rings is 1. The summed E-state index contributed by atoms with van der Waals surface area (Å²) in [6, 6.07) is 5.75. The van der Waals surface area contributed by atoms with Gasteiger partial charge in [0.15, 0.2) is 5.96 Å². The Morgan fingerprint density at radius 3 is 2.77 bits per heavy atom. The van der Waals surface area contributed by atoms with E-state index >= 15 is 0 Å². The van der Waals surface area contributed by atoms with Crippen molar-refractivity contribution in [2.24, 2.45) is 12.0 Å². The van der Waals surface area contributed by atoms with Crippen molar-refractivity contribution in [3.05, 3.63) is 42.0 Å². The Balaban J connectivity index is 1.55. The van der Waals surface area contributed by atoms with Crippen LogP contribution in [0.4, 0.5) is 15.8 Å². The Kier molecular flexibility index (Phi) is 7.54. The van der Waals surface area contributed by atoms with Gasteiger partial charge in [-0.2, -0.15) is 5.10 Å².